The summed E-state index contributed by atoms with van der Waals surface area (Å²) >= 11 is 0. The largest absolute Gasteiger partial charge is 0.308 e. The molecule has 0 saturated heterocycles. The summed E-state index contributed by atoms with van der Waals surface area (Å²) < 4.78 is 0. The lowest BCUT2D eigenvalue weighted by Gasteiger charge is -2.14. The standard InChI is InChI=1S/C12H17N5/c1-16(2)8-9-17(3)15-14-12-7-5-4-6-11(12)10-13/h4-7H,8-9H2,1-3H3. The fraction of sp³-hybridized carbons (Fsp3) is 0.417. The first-order chi connectivity index (χ1) is 8.13. The Labute approximate surface area is 102 Å². The number of nitriles is 1. The van der Waals surface area contributed by atoms with Crippen molar-refractivity contribution < 1.29 is 0 Å². The fourth-order valence-corrected chi connectivity index (χ4v) is 1.17. The van der Waals surface area contributed by atoms with Crippen molar-refractivity contribution in [1.82, 2.24) is 9.91 Å². The minimum Gasteiger partial charge on any atom is -0.308 e. The average Bonchev–Trinajstić information content (AvgIpc) is 2.34. The van der Waals surface area contributed by atoms with Crippen LogP contribution in [0.25, 0.3) is 0 Å². The van der Waals surface area contributed by atoms with E-state index < -0.39 is 0 Å². The van der Waals surface area contributed by atoms with E-state index in [1.165, 1.54) is 0 Å². The summed E-state index contributed by atoms with van der Waals surface area (Å²) in [6.07, 6.45) is 0. The molecule has 0 aromatic heterocycles. The maximum atomic E-state index is 8.89. The molecular formula is C12H17N5. The topological polar surface area (TPSA) is 55.0 Å². The quantitative estimate of drug-likeness (QED) is 0.575. The Morgan fingerprint density at radius 3 is 2.53 bits per heavy atom. The Bertz CT molecular complexity index is 419. The van der Waals surface area contributed by atoms with Crippen LogP contribution in [0.2, 0.25) is 0 Å². The minimum absolute atomic E-state index is 0.539. The van der Waals surface area contributed by atoms with Crippen LogP contribution in [0.4, 0.5) is 5.69 Å². The summed E-state index contributed by atoms with van der Waals surface area (Å²) in [5, 5.41) is 18.8. The zero-order valence-electron chi connectivity index (χ0n) is 10.5. The van der Waals surface area contributed by atoms with Gasteiger partial charge in [-0.2, -0.15) is 5.26 Å². The first-order valence-electron chi connectivity index (χ1n) is 5.40. The molecule has 0 heterocycles. The summed E-state index contributed by atoms with van der Waals surface area (Å²) in [5.41, 5.74) is 1.14. The summed E-state index contributed by atoms with van der Waals surface area (Å²) in [6, 6.07) is 9.25. The molecule has 0 atom stereocenters. The fourth-order valence-electron chi connectivity index (χ4n) is 1.17. The van der Waals surface area contributed by atoms with Crippen molar-refractivity contribution in [2.75, 3.05) is 34.2 Å². The third-order valence-corrected chi connectivity index (χ3v) is 2.20. The van der Waals surface area contributed by atoms with Crippen LogP contribution in [-0.4, -0.2) is 44.1 Å². The zero-order chi connectivity index (χ0) is 12.7. The van der Waals surface area contributed by atoms with Crippen molar-refractivity contribution in [3.63, 3.8) is 0 Å². The molecule has 0 fully saturated rings. The van der Waals surface area contributed by atoms with Gasteiger partial charge >= 0.3 is 0 Å². The van der Waals surface area contributed by atoms with Crippen LogP contribution in [0.3, 0.4) is 0 Å². The molecule has 17 heavy (non-hydrogen) atoms. The number of likely N-dealkylation sites (N-methyl/N-ethyl adjacent to an activating group) is 2. The van der Waals surface area contributed by atoms with Crippen molar-refractivity contribution in [3.8, 4) is 6.07 Å². The van der Waals surface area contributed by atoms with Crippen LogP contribution in [0.1, 0.15) is 5.56 Å². The van der Waals surface area contributed by atoms with Crippen LogP contribution in [0, 0.1) is 11.3 Å². The van der Waals surface area contributed by atoms with Crippen LogP contribution in [-0.2, 0) is 0 Å². The first kappa shape index (κ1) is 13.1. The molecule has 0 bridgehead atoms. The molecule has 90 valence electrons. The summed E-state index contributed by atoms with van der Waals surface area (Å²) in [4.78, 5) is 2.08. The SMILES string of the molecule is CN(C)CCN(C)N=Nc1ccccc1C#N. The van der Waals surface area contributed by atoms with E-state index in [4.69, 9.17) is 5.26 Å². The maximum Gasteiger partial charge on any atom is 0.105 e. The molecular weight excluding hydrogens is 214 g/mol. The number of benzene rings is 1. The van der Waals surface area contributed by atoms with Gasteiger partial charge in [-0.15, -0.1) is 5.11 Å². The molecule has 5 nitrogen and oxygen atoms in total. The van der Waals surface area contributed by atoms with E-state index in [0.29, 0.717) is 11.3 Å². The van der Waals surface area contributed by atoms with Gasteiger partial charge in [0.2, 0.25) is 0 Å². The van der Waals surface area contributed by atoms with Crippen molar-refractivity contribution >= 4 is 5.69 Å². The zero-order valence-corrected chi connectivity index (χ0v) is 10.5. The summed E-state index contributed by atoms with van der Waals surface area (Å²) in [6.45, 7) is 1.71. The number of hydrogen-bond donors (Lipinski definition) is 0. The normalized spacial score (nSPS) is 10.8. The Morgan fingerprint density at radius 1 is 1.18 bits per heavy atom. The number of nitrogens with zero attached hydrogens (tertiary/aromatic N) is 5. The van der Waals surface area contributed by atoms with E-state index in [1.54, 1.807) is 17.1 Å². The molecule has 0 N–H and O–H groups in total. The van der Waals surface area contributed by atoms with Crippen LogP contribution < -0.4 is 0 Å². The van der Waals surface area contributed by atoms with Crippen molar-refractivity contribution in [2.45, 2.75) is 0 Å². The lowest BCUT2D eigenvalue weighted by atomic mass is 10.2. The maximum absolute atomic E-state index is 8.89. The average molecular weight is 231 g/mol. The highest BCUT2D eigenvalue weighted by molar-refractivity contribution is 5.52. The van der Waals surface area contributed by atoms with Gasteiger partial charge in [-0.3, -0.25) is 5.01 Å². The second-order valence-corrected chi connectivity index (χ2v) is 4.00. The van der Waals surface area contributed by atoms with E-state index in [9.17, 15) is 0 Å². The van der Waals surface area contributed by atoms with E-state index in [1.807, 2.05) is 33.3 Å². The lowest BCUT2D eigenvalue weighted by Crippen LogP contribution is -2.24. The molecule has 5 heteroatoms. The van der Waals surface area contributed by atoms with E-state index in [0.717, 1.165) is 13.1 Å². The second-order valence-electron chi connectivity index (χ2n) is 4.00. The third kappa shape index (κ3) is 4.62. The molecule has 1 aromatic carbocycles. The highest BCUT2D eigenvalue weighted by Crippen LogP contribution is 2.17. The van der Waals surface area contributed by atoms with E-state index in [-0.39, 0.29) is 0 Å². The van der Waals surface area contributed by atoms with Gasteiger partial charge in [0.15, 0.2) is 0 Å². The Hall–Kier alpha value is -1.93. The van der Waals surface area contributed by atoms with Gasteiger partial charge in [-0.05, 0) is 26.2 Å². The predicted molar refractivity (Wildman–Crippen MR) is 66.9 cm³/mol. The minimum atomic E-state index is 0.539. The first-order valence-corrected chi connectivity index (χ1v) is 5.40. The van der Waals surface area contributed by atoms with E-state index >= 15 is 0 Å². The Balaban J connectivity index is 2.61. The van der Waals surface area contributed by atoms with Crippen LogP contribution in [0.15, 0.2) is 34.6 Å². The van der Waals surface area contributed by atoms with Gasteiger partial charge in [-0.25, -0.2) is 0 Å². The Kier molecular flexibility index (Phi) is 5.11. The monoisotopic (exact) mass is 231 g/mol. The summed E-state index contributed by atoms with van der Waals surface area (Å²) in [7, 11) is 5.88. The molecule has 0 aliphatic carbocycles. The van der Waals surface area contributed by atoms with Crippen LogP contribution in [0.5, 0.6) is 0 Å². The van der Waals surface area contributed by atoms with Crippen molar-refractivity contribution in [1.29, 1.82) is 5.26 Å². The Morgan fingerprint density at radius 2 is 1.88 bits per heavy atom. The van der Waals surface area contributed by atoms with Gasteiger partial charge in [0.25, 0.3) is 0 Å². The van der Waals surface area contributed by atoms with Crippen molar-refractivity contribution in [3.05, 3.63) is 29.8 Å². The molecule has 0 aliphatic heterocycles. The molecule has 0 spiro atoms. The second kappa shape index (κ2) is 6.61. The summed E-state index contributed by atoms with van der Waals surface area (Å²) in [5.74, 6) is 0. The van der Waals surface area contributed by atoms with Gasteiger partial charge in [0.05, 0.1) is 12.1 Å². The van der Waals surface area contributed by atoms with Crippen LogP contribution >= 0.6 is 0 Å². The predicted octanol–water partition coefficient (Wildman–Crippen LogP) is 2.05. The molecule has 0 radical (unpaired) electrons. The number of rotatable bonds is 5. The molecule has 1 rings (SSSR count). The molecule has 1 aromatic rings. The highest BCUT2D eigenvalue weighted by Gasteiger charge is 1.99. The molecule has 0 amide bonds. The lowest BCUT2D eigenvalue weighted by molar-refractivity contribution is 0.279. The highest BCUT2D eigenvalue weighted by atomic mass is 15.5. The number of hydrogen-bond acceptors (Lipinski definition) is 4. The van der Waals surface area contributed by atoms with Crippen molar-refractivity contribution in [2.24, 2.45) is 10.3 Å². The van der Waals surface area contributed by atoms with Gasteiger partial charge in [0.1, 0.15) is 11.8 Å². The van der Waals surface area contributed by atoms with Gasteiger partial charge in [-0.1, -0.05) is 17.4 Å². The molecule has 0 aliphatic rings. The van der Waals surface area contributed by atoms with Gasteiger partial charge in [0, 0.05) is 13.6 Å². The van der Waals surface area contributed by atoms with Gasteiger partial charge < -0.3 is 4.90 Å². The van der Waals surface area contributed by atoms with E-state index in [2.05, 4.69) is 21.3 Å². The molecule has 0 unspecified atom stereocenters. The smallest absolute Gasteiger partial charge is 0.105 e. The third-order valence-electron chi connectivity index (χ3n) is 2.20. The molecule has 0 saturated carbocycles.